The Kier molecular flexibility index (Phi) is 11.3. The molecule has 1 unspecified atom stereocenters. The zero-order chi connectivity index (χ0) is 23.6. The summed E-state index contributed by atoms with van der Waals surface area (Å²) in [5.74, 6) is 1.96. The van der Waals surface area contributed by atoms with Crippen LogP contribution in [0.5, 0.6) is 0 Å². The molecule has 0 saturated carbocycles. The van der Waals surface area contributed by atoms with Gasteiger partial charge in [-0.1, -0.05) is 64.7 Å². The predicted molar refractivity (Wildman–Crippen MR) is 139 cm³/mol. The second kappa shape index (κ2) is 13.4. The van der Waals surface area contributed by atoms with E-state index >= 15 is 0 Å². The van der Waals surface area contributed by atoms with Crippen LogP contribution in [-0.2, 0) is 9.53 Å². The Bertz CT molecular complexity index is 901. The summed E-state index contributed by atoms with van der Waals surface area (Å²) < 4.78 is 11.8. The number of carbonyl (C=O) groups is 1. The molecule has 0 radical (unpaired) electrons. The molecule has 3 nitrogen and oxygen atoms in total. The summed E-state index contributed by atoms with van der Waals surface area (Å²) >= 11 is 7.11. The number of hydrogen-bond donors (Lipinski definition) is 0. The van der Waals surface area contributed by atoms with Crippen LogP contribution < -0.4 is 0 Å². The highest BCUT2D eigenvalue weighted by atomic mass is 32.2. The molecule has 1 aromatic carbocycles. The number of thioether (sulfide) groups is 1. The molecule has 5 heteroatoms. The number of unbranched alkanes of at least 4 members (excludes halogenated alkanes) is 5. The highest BCUT2D eigenvalue weighted by molar-refractivity contribution is 7.99. The standard InChI is InChI=1S/C27H40O3S2/c1-20(2)18-21(3)27(4,5)26(28)29-16-12-8-6-7-9-13-17-32-24-19-25(31)30-23-15-11-10-14-22(23)24/h10-11,14-15,19-21H,6-9,12-13,16-18H2,1-5H3. The fraction of sp³-hybridized carbons (Fsp3) is 0.630. The molecule has 0 aliphatic heterocycles. The normalized spacial score (nSPS) is 12.9. The molecule has 0 amide bonds. The van der Waals surface area contributed by atoms with E-state index in [-0.39, 0.29) is 5.97 Å². The Hall–Kier alpha value is -1.33. The molecule has 1 heterocycles. The SMILES string of the molecule is CC(C)CC(C)C(C)(C)C(=O)OCCCCCCCCSc1cc(=S)oc2ccccc12. The van der Waals surface area contributed by atoms with E-state index < -0.39 is 5.41 Å². The molecule has 0 aliphatic carbocycles. The van der Waals surface area contributed by atoms with Gasteiger partial charge in [0.15, 0.2) is 4.71 Å². The summed E-state index contributed by atoms with van der Waals surface area (Å²) in [7, 11) is 0. The third-order valence-electron chi connectivity index (χ3n) is 6.22. The summed E-state index contributed by atoms with van der Waals surface area (Å²) in [4.78, 5) is 13.7. The van der Waals surface area contributed by atoms with Crippen molar-refractivity contribution in [1.29, 1.82) is 0 Å². The van der Waals surface area contributed by atoms with Gasteiger partial charge in [-0.15, -0.1) is 11.8 Å². The Balaban J connectivity index is 1.56. The quantitative estimate of drug-likeness (QED) is 0.118. The second-order valence-electron chi connectivity index (χ2n) is 9.78. The largest absolute Gasteiger partial charge is 0.465 e. The van der Waals surface area contributed by atoms with Gasteiger partial charge in [-0.2, -0.15) is 0 Å². The lowest BCUT2D eigenvalue weighted by atomic mass is 9.76. The highest BCUT2D eigenvalue weighted by Gasteiger charge is 2.35. The maximum atomic E-state index is 12.5. The number of rotatable bonds is 14. The number of fused-ring (bicyclic) bond motifs is 1. The molecule has 1 atom stereocenters. The Morgan fingerprint density at radius 2 is 1.72 bits per heavy atom. The second-order valence-corrected chi connectivity index (χ2v) is 11.3. The first kappa shape index (κ1) is 26.9. The summed E-state index contributed by atoms with van der Waals surface area (Å²) in [5.41, 5.74) is 0.451. The van der Waals surface area contributed by atoms with E-state index in [0.717, 1.165) is 36.0 Å². The summed E-state index contributed by atoms with van der Waals surface area (Å²) in [6.07, 6.45) is 7.95. The van der Waals surface area contributed by atoms with Gasteiger partial charge in [0.2, 0.25) is 0 Å². The fourth-order valence-electron chi connectivity index (χ4n) is 3.85. The van der Waals surface area contributed by atoms with Crippen LogP contribution in [0, 0.1) is 22.0 Å². The maximum Gasteiger partial charge on any atom is 0.311 e. The number of hydrogen-bond acceptors (Lipinski definition) is 5. The van der Waals surface area contributed by atoms with Crippen LogP contribution in [-0.4, -0.2) is 18.3 Å². The van der Waals surface area contributed by atoms with Gasteiger partial charge in [-0.05, 0) is 69.0 Å². The first-order valence-corrected chi connectivity index (χ1v) is 13.4. The minimum atomic E-state index is -0.411. The average Bonchev–Trinajstić information content (AvgIpc) is 2.74. The average molecular weight is 477 g/mol. The maximum absolute atomic E-state index is 12.5. The molecule has 0 aliphatic rings. The third-order valence-corrected chi connectivity index (χ3v) is 7.57. The smallest absolute Gasteiger partial charge is 0.311 e. The lowest BCUT2D eigenvalue weighted by Gasteiger charge is -2.30. The van der Waals surface area contributed by atoms with Gasteiger partial charge in [0.1, 0.15) is 5.58 Å². The molecular weight excluding hydrogens is 436 g/mol. The van der Waals surface area contributed by atoms with Gasteiger partial charge < -0.3 is 9.15 Å². The van der Waals surface area contributed by atoms with Gasteiger partial charge in [-0.3, -0.25) is 4.79 Å². The van der Waals surface area contributed by atoms with Crippen LogP contribution in [0.15, 0.2) is 39.6 Å². The van der Waals surface area contributed by atoms with Crippen LogP contribution >= 0.6 is 24.0 Å². The van der Waals surface area contributed by atoms with Crippen LogP contribution in [0.4, 0.5) is 0 Å². The van der Waals surface area contributed by atoms with Gasteiger partial charge in [0.05, 0.1) is 12.0 Å². The van der Waals surface area contributed by atoms with Crippen LogP contribution in [0.1, 0.15) is 79.6 Å². The van der Waals surface area contributed by atoms with Gasteiger partial charge >= 0.3 is 5.97 Å². The predicted octanol–water partition coefficient (Wildman–Crippen LogP) is 8.85. The topological polar surface area (TPSA) is 39.4 Å². The van der Waals surface area contributed by atoms with E-state index in [2.05, 4.69) is 26.8 Å². The van der Waals surface area contributed by atoms with Gasteiger partial charge in [-0.25, -0.2) is 0 Å². The van der Waals surface area contributed by atoms with Crippen molar-refractivity contribution < 1.29 is 13.9 Å². The molecular formula is C27H40O3S2. The monoisotopic (exact) mass is 476 g/mol. The van der Waals surface area contributed by atoms with E-state index in [1.807, 2.05) is 49.9 Å². The van der Waals surface area contributed by atoms with E-state index in [1.54, 1.807) is 0 Å². The first-order chi connectivity index (χ1) is 15.2. The minimum absolute atomic E-state index is 0.0499. The Morgan fingerprint density at radius 3 is 2.44 bits per heavy atom. The van der Waals surface area contributed by atoms with Gasteiger partial charge in [0.25, 0.3) is 0 Å². The van der Waals surface area contributed by atoms with Crippen molar-refractivity contribution in [1.82, 2.24) is 0 Å². The molecule has 2 rings (SSSR count). The Morgan fingerprint density at radius 1 is 1.06 bits per heavy atom. The van der Waals surface area contributed by atoms with Crippen molar-refractivity contribution in [3.63, 3.8) is 0 Å². The lowest BCUT2D eigenvalue weighted by molar-refractivity contribution is -0.157. The van der Waals surface area contributed by atoms with E-state index in [0.29, 0.717) is 23.1 Å². The molecule has 1 aromatic heterocycles. The first-order valence-electron chi connectivity index (χ1n) is 12.0. The summed E-state index contributed by atoms with van der Waals surface area (Å²) in [6.45, 7) is 11.1. The van der Waals surface area contributed by atoms with Crippen LogP contribution in [0.2, 0.25) is 0 Å². The lowest BCUT2D eigenvalue weighted by Crippen LogP contribution is -2.34. The number of carbonyl (C=O) groups excluding carboxylic acids is 1. The molecule has 2 aromatic rings. The molecule has 0 fully saturated rings. The molecule has 32 heavy (non-hydrogen) atoms. The van der Waals surface area contributed by atoms with Crippen molar-refractivity contribution in [2.24, 2.45) is 17.3 Å². The number of esters is 1. The van der Waals surface area contributed by atoms with E-state index in [1.165, 1.54) is 30.6 Å². The molecule has 0 bridgehead atoms. The minimum Gasteiger partial charge on any atom is -0.465 e. The number of ether oxygens (including phenoxy) is 1. The zero-order valence-corrected chi connectivity index (χ0v) is 22.1. The molecule has 0 N–H and O–H groups in total. The van der Waals surface area contributed by atoms with E-state index in [4.69, 9.17) is 21.4 Å². The fourth-order valence-corrected chi connectivity index (χ4v) is 5.21. The third kappa shape index (κ3) is 8.55. The van der Waals surface area contributed by atoms with E-state index in [9.17, 15) is 4.79 Å². The van der Waals surface area contributed by atoms with Crippen LogP contribution in [0.25, 0.3) is 11.0 Å². The van der Waals surface area contributed by atoms with Crippen molar-refractivity contribution in [3.8, 4) is 0 Å². The summed E-state index contributed by atoms with van der Waals surface area (Å²) in [5, 5.41) is 1.14. The summed E-state index contributed by atoms with van der Waals surface area (Å²) in [6, 6.07) is 10.0. The van der Waals surface area contributed by atoms with Crippen molar-refractivity contribution in [3.05, 3.63) is 35.0 Å². The van der Waals surface area contributed by atoms with Crippen molar-refractivity contribution in [2.75, 3.05) is 12.4 Å². The molecule has 0 spiro atoms. The highest BCUT2D eigenvalue weighted by Crippen LogP contribution is 2.33. The zero-order valence-electron chi connectivity index (χ0n) is 20.4. The Labute approximate surface area is 203 Å². The van der Waals surface area contributed by atoms with Crippen molar-refractivity contribution >= 4 is 40.9 Å². The molecule has 178 valence electrons. The number of para-hydroxylation sites is 1. The van der Waals surface area contributed by atoms with Crippen LogP contribution in [0.3, 0.4) is 0 Å². The molecule has 0 saturated heterocycles. The number of benzene rings is 1. The van der Waals surface area contributed by atoms with Gasteiger partial charge in [0, 0.05) is 16.3 Å². The van der Waals surface area contributed by atoms with Crippen molar-refractivity contribution in [2.45, 2.75) is 84.5 Å².